The number of aliphatic hydroxyl groups is 1. The lowest BCUT2D eigenvalue weighted by molar-refractivity contribution is -0.152. The van der Waals surface area contributed by atoms with E-state index in [4.69, 9.17) is 4.74 Å². The summed E-state index contributed by atoms with van der Waals surface area (Å²) in [5.41, 5.74) is 0. The molecule has 0 spiro atoms. The van der Waals surface area contributed by atoms with Crippen LogP contribution in [0, 0.1) is 5.92 Å². The van der Waals surface area contributed by atoms with Crippen molar-refractivity contribution in [1.29, 1.82) is 0 Å². The van der Waals surface area contributed by atoms with Crippen molar-refractivity contribution in [1.82, 2.24) is 9.21 Å². The third kappa shape index (κ3) is 4.15. The average molecular weight is 320 g/mol. The van der Waals surface area contributed by atoms with E-state index in [2.05, 4.69) is 0 Å². The van der Waals surface area contributed by atoms with E-state index < -0.39 is 10.0 Å². The molecule has 2 aliphatic rings. The van der Waals surface area contributed by atoms with Gasteiger partial charge in [-0.3, -0.25) is 4.79 Å². The van der Waals surface area contributed by atoms with Gasteiger partial charge in [-0.15, -0.1) is 0 Å². The molecule has 3 unspecified atom stereocenters. The van der Waals surface area contributed by atoms with Gasteiger partial charge in [0.05, 0.1) is 31.0 Å². The molecule has 122 valence electrons. The van der Waals surface area contributed by atoms with Crippen LogP contribution in [0.1, 0.15) is 19.8 Å². The number of nitrogens with zero attached hydrogens (tertiary/aromatic N) is 2. The van der Waals surface area contributed by atoms with Gasteiger partial charge in [0.25, 0.3) is 0 Å². The molecule has 2 saturated heterocycles. The molecular formula is C13H24N2O5S. The summed E-state index contributed by atoms with van der Waals surface area (Å²) in [4.78, 5) is 14.3. The van der Waals surface area contributed by atoms with E-state index in [1.807, 2.05) is 6.92 Å². The predicted molar refractivity (Wildman–Crippen MR) is 77.1 cm³/mol. The van der Waals surface area contributed by atoms with Gasteiger partial charge in [0.2, 0.25) is 15.9 Å². The minimum absolute atomic E-state index is 0.0306. The topological polar surface area (TPSA) is 87.2 Å². The largest absolute Gasteiger partial charge is 0.394 e. The molecule has 1 amide bonds. The molecule has 0 aromatic heterocycles. The Kier molecular flexibility index (Phi) is 5.24. The number of ether oxygens (including phenoxy) is 1. The Morgan fingerprint density at radius 2 is 2.05 bits per heavy atom. The van der Waals surface area contributed by atoms with E-state index in [0.717, 1.165) is 0 Å². The van der Waals surface area contributed by atoms with Crippen molar-refractivity contribution < 1.29 is 23.1 Å². The Morgan fingerprint density at radius 1 is 1.33 bits per heavy atom. The number of piperidine rings is 1. The molecule has 3 atom stereocenters. The molecule has 0 aliphatic carbocycles. The summed E-state index contributed by atoms with van der Waals surface area (Å²) >= 11 is 0. The van der Waals surface area contributed by atoms with Crippen molar-refractivity contribution in [3.8, 4) is 0 Å². The van der Waals surface area contributed by atoms with Crippen LogP contribution in [0.4, 0.5) is 0 Å². The maximum absolute atomic E-state index is 12.6. The highest BCUT2D eigenvalue weighted by atomic mass is 32.2. The molecular weight excluding hydrogens is 296 g/mol. The number of carbonyl (C=O) groups excluding carboxylic acids is 1. The number of amides is 1. The average Bonchev–Trinajstić information content (AvgIpc) is 2.45. The Labute approximate surface area is 125 Å². The number of hydrogen-bond acceptors (Lipinski definition) is 5. The van der Waals surface area contributed by atoms with Gasteiger partial charge in [0.1, 0.15) is 0 Å². The second kappa shape index (κ2) is 6.60. The Morgan fingerprint density at radius 3 is 2.67 bits per heavy atom. The monoisotopic (exact) mass is 320 g/mol. The van der Waals surface area contributed by atoms with Crippen molar-refractivity contribution in [3.05, 3.63) is 0 Å². The second-order valence-corrected chi connectivity index (χ2v) is 7.94. The molecule has 2 rings (SSSR count). The predicted octanol–water partition coefficient (Wildman–Crippen LogP) is -0.734. The highest BCUT2D eigenvalue weighted by Crippen LogP contribution is 2.22. The van der Waals surface area contributed by atoms with E-state index in [9.17, 15) is 18.3 Å². The quantitative estimate of drug-likeness (QED) is 0.740. The van der Waals surface area contributed by atoms with E-state index in [-0.39, 0.29) is 37.2 Å². The third-order valence-electron chi connectivity index (χ3n) is 4.04. The van der Waals surface area contributed by atoms with Crippen molar-refractivity contribution in [2.75, 3.05) is 39.0 Å². The lowest BCUT2D eigenvalue weighted by atomic mass is 9.97. The number of carbonyl (C=O) groups is 1. The summed E-state index contributed by atoms with van der Waals surface area (Å²) in [5.74, 6) is -0.324. The number of hydrogen-bond donors (Lipinski definition) is 1. The Balaban J connectivity index is 2.02. The molecule has 0 aromatic carbocycles. The molecule has 2 aliphatic heterocycles. The van der Waals surface area contributed by atoms with Crippen molar-refractivity contribution >= 4 is 15.9 Å². The van der Waals surface area contributed by atoms with Gasteiger partial charge in [-0.25, -0.2) is 12.7 Å². The molecule has 8 heteroatoms. The standard InChI is InChI=1S/C13H24N2O5S/c1-10-6-14(8-12(9-16)20-10)13(17)11-4-3-5-15(7-11)21(2,18)19/h10-12,16H,3-9H2,1-2H3. The summed E-state index contributed by atoms with van der Waals surface area (Å²) in [6.45, 7) is 3.36. The fraction of sp³-hybridized carbons (Fsp3) is 0.923. The fourth-order valence-electron chi connectivity index (χ4n) is 3.03. The van der Waals surface area contributed by atoms with E-state index >= 15 is 0 Å². The summed E-state index contributed by atoms with van der Waals surface area (Å²) < 4.78 is 30.2. The fourth-order valence-corrected chi connectivity index (χ4v) is 3.94. The summed E-state index contributed by atoms with van der Waals surface area (Å²) in [5, 5.41) is 9.22. The zero-order valence-corrected chi connectivity index (χ0v) is 13.4. The van der Waals surface area contributed by atoms with Crippen molar-refractivity contribution in [2.24, 2.45) is 5.92 Å². The molecule has 0 aromatic rings. The van der Waals surface area contributed by atoms with Crippen molar-refractivity contribution in [2.45, 2.75) is 32.0 Å². The second-order valence-electron chi connectivity index (χ2n) is 5.95. The number of morpholine rings is 1. The lowest BCUT2D eigenvalue weighted by Gasteiger charge is -2.39. The van der Waals surface area contributed by atoms with Crippen molar-refractivity contribution in [3.63, 3.8) is 0 Å². The van der Waals surface area contributed by atoms with Crippen LogP contribution in [-0.2, 0) is 19.6 Å². The smallest absolute Gasteiger partial charge is 0.227 e. The zero-order chi connectivity index (χ0) is 15.6. The Bertz CT molecular complexity index is 481. The van der Waals surface area contributed by atoms with Gasteiger partial charge in [-0.1, -0.05) is 0 Å². The van der Waals surface area contributed by atoms with Crippen LogP contribution in [0.25, 0.3) is 0 Å². The highest BCUT2D eigenvalue weighted by Gasteiger charge is 2.35. The maximum atomic E-state index is 12.6. The van der Waals surface area contributed by atoms with E-state index in [0.29, 0.717) is 32.5 Å². The zero-order valence-electron chi connectivity index (χ0n) is 12.6. The van der Waals surface area contributed by atoms with Crippen LogP contribution < -0.4 is 0 Å². The lowest BCUT2D eigenvalue weighted by Crippen LogP contribution is -2.54. The molecule has 21 heavy (non-hydrogen) atoms. The molecule has 2 fully saturated rings. The number of aliphatic hydroxyl groups excluding tert-OH is 1. The molecule has 0 radical (unpaired) electrons. The molecule has 7 nitrogen and oxygen atoms in total. The first-order chi connectivity index (χ1) is 9.81. The van der Waals surface area contributed by atoms with Gasteiger partial charge in [-0.2, -0.15) is 0 Å². The molecule has 2 heterocycles. The van der Waals surface area contributed by atoms with Crippen LogP contribution in [0.2, 0.25) is 0 Å². The SMILES string of the molecule is CC1CN(C(=O)C2CCCN(S(C)(=O)=O)C2)CC(CO)O1. The summed E-state index contributed by atoms with van der Waals surface area (Å²) in [7, 11) is -3.25. The van der Waals surface area contributed by atoms with Crippen LogP contribution in [0.5, 0.6) is 0 Å². The maximum Gasteiger partial charge on any atom is 0.227 e. The van der Waals surface area contributed by atoms with Gasteiger partial charge in [0, 0.05) is 26.2 Å². The Hall–Kier alpha value is -0.700. The number of sulfonamides is 1. The molecule has 0 saturated carbocycles. The first kappa shape index (κ1) is 16.7. The molecule has 0 bridgehead atoms. The first-order valence-corrected chi connectivity index (χ1v) is 9.16. The van der Waals surface area contributed by atoms with Gasteiger partial charge in [-0.05, 0) is 19.8 Å². The van der Waals surface area contributed by atoms with Crippen LogP contribution in [0.15, 0.2) is 0 Å². The summed E-state index contributed by atoms with van der Waals surface area (Å²) in [6, 6.07) is 0. The minimum atomic E-state index is -3.25. The highest BCUT2D eigenvalue weighted by molar-refractivity contribution is 7.88. The minimum Gasteiger partial charge on any atom is -0.394 e. The van der Waals surface area contributed by atoms with Crippen LogP contribution in [0.3, 0.4) is 0 Å². The normalized spacial score (nSPS) is 32.1. The van der Waals surface area contributed by atoms with Crippen LogP contribution in [-0.4, -0.2) is 79.9 Å². The van der Waals surface area contributed by atoms with Gasteiger partial charge >= 0.3 is 0 Å². The summed E-state index contributed by atoms with van der Waals surface area (Å²) in [6.07, 6.45) is 2.12. The molecule has 1 N–H and O–H groups in total. The van der Waals surface area contributed by atoms with E-state index in [1.165, 1.54) is 10.6 Å². The first-order valence-electron chi connectivity index (χ1n) is 7.31. The van der Waals surface area contributed by atoms with E-state index in [1.54, 1.807) is 4.90 Å². The van der Waals surface area contributed by atoms with Gasteiger partial charge < -0.3 is 14.7 Å². The number of rotatable bonds is 3. The van der Waals surface area contributed by atoms with Crippen LogP contribution >= 0.6 is 0 Å². The van der Waals surface area contributed by atoms with Gasteiger partial charge in [0.15, 0.2) is 0 Å². The third-order valence-corrected chi connectivity index (χ3v) is 5.31.